The van der Waals surface area contributed by atoms with Crippen LogP contribution in [-0.2, 0) is 11.4 Å². The molecule has 0 N–H and O–H groups in total. The van der Waals surface area contributed by atoms with Gasteiger partial charge >= 0.3 is 0 Å². The Morgan fingerprint density at radius 2 is 1.73 bits per heavy atom. The number of oxime groups is 1. The number of fused-ring (bicyclic) bond motifs is 1. The maximum Gasteiger partial charge on any atom is 0.129 e. The summed E-state index contributed by atoms with van der Waals surface area (Å²) in [7, 11) is 1.52. The van der Waals surface area contributed by atoms with Gasteiger partial charge in [-0.15, -0.1) is 0 Å². The summed E-state index contributed by atoms with van der Waals surface area (Å²) in [4.78, 5) is 9.69. The van der Waals surface area contributed by atoms with E-state index >= 15 is 0 Å². The molecule has 30 heavy (non-hydrogen) atoms. The number of rotatable bonds is 6. The van der Waals surface area contributed by atoms with Crippen molar-refractivity contribution in [2.45, 2.75) is 6.61 Å². The maximum absolute atomic E-state index is 6.12. The third-order valence-corrected chi connectivity index (χ3v) is 5.31. The van der Waals surface area contributed by atoms with E-state index in [9.17, 15) is 0 Å². The van der Waals surface area contributed by atoms with Crippen LogP contribution in [0.5, 0.6) is 5.75 Å². The maximum atomic E-state index is 6.12. The minimum Gasteiger partial charge on any atom is -0.488 e. The monoisotopic (exact) mass is 436 g/mol. The highest BCUT2D eigenvalue weighted by atomic mass is 35.5. The molecule has 4 rings (SSSR count). The van der Waals surface area contributed by atoms with Crippen LogP contribution < -0.4 is 4.74 Å². The normalized spacial score (nSPS) is 11.5. The number of ether oxygens (including phenoxy) is 1. The lowest BCUT2D eigenvalue weighted by atomic mass is 10.0. The molecule has 150 valence electrons. The Labute approximate surface area is 184 Å². The highest BCUT2D eigenvalue weighted by Crippen LogP contribution is 2.27. The van der Waals surface area contributed by atoms with Crippen molar-refractivity contribution in [1.29, 1.82) is 0 Å². The number of hydrogen-bond acceptors (Lipinski definition) is 4. The molecule has 0 saturated heterocycles. The lowest BCUT2D eigenvalue weighted by Crippen LogP contribution is -2.08. The molecule has 0 aliphatic heterocycles. The van der Waals surface area contributed by atoms with Crippen LogP contribution >= 0.6 is 23.2 Å². The number of aromatic nitrogens is 1. The summed E-state index contributed by atoms with van der Waals surface area (Å²) >= 11 is 12.1. The molecule has 4 aromatic rings. The van der Waals surface area contributed by atoms with Gasteiger partial charge in [-0.2, -0.15) is 0 Å². The molecule has 0 fully saturated rings. The molecule has 0 spiro atoms. The second-order valence-corrected chi connectivity index (χ2v) is 7.39. The van der Waals surface area contributed by atoms with Gasteiger partial charge in [-0.05, 0) is 42.0 Å². The van der Waals surface area contributed by atoms with Crippen LogP contribution in [0.3, 0.4) is 0 Å². The molecular formula is C24H18Cl2N2O2. The standard InChI is InChI=1S/C24H18Cl2N2O2/c1-29-28-24(18-13-17-6-2-4-8-22(17)27-14-18)19-7-3-5-9-23(19)30-15-16-10-11-20(25)21(26)12-16/h2-14H,15H2,1H3. The molecule has 0 amide bonds. The van der Waals surface area contributed by atoms with E-state index < -0.39 is 0 Å². The molecule has 0 atom stereocenters. The molecule has 3 aromatic carbocycles. The Morgan fingerprint density at radius 3 is 2.57 bits per heavy atom. The van der Waals surface area contributed by atoms with Crippen molar-refractivity contribution < 1.29 is 9.57 Å². The van der Waals surface area contributed by atoms with Crippen molar-refractivity contribution in [2.75, 3.05) is 7.11 Å². The van der Waals surface area contributed by atoms with Crippen LogP contribution in [-0.4, -0.2) is 17.8 Å². The van der Waals surface area contributed by atoms with Crippen molar-refractivity contribution in [3.8, 4) is 5.75 Å². The van der Waals surface area contributed by atoms with Crippen molar-refractivity contribution in [1.82, 2.24) is 4.98 Å². The first-order valence-electron chi connectivity index (χ1n) is 9.28. The van der Waals surface area contributed by atoms with E-state index in [1.807, 2.05) is 60.7 Å². The Morgan fingerprint density at radius 1 is 0.933 bits per heavy atom. The van der Waals surface area contributed by atoms with E-state index in [-0.39, 0.29) is 0 Å². The van der Waals surface area contributed by atoms with E-state index in [1.165, 1.54) is 7.11 Å². The van der Waals surface area contributed by atoms with E-state index in [2.05, 4.69) is 10.1 Å². The number of pyridine rings is 1. The average molecular weight is 437 g/mol. The van der Waals surface area contributed by atoms with Gasteiger partial charge in [0.15, 0.2) is 0 Å². The van der Waals surface area contributed by atoms with Crippen LogP contribution in [0.25, 0.3) is 10.9 Å². The van der Waals surface area contributed by atoms with E-state index in [0.29, 0.717) is 28.1 Å². The first-order chi connectivity index (χ1) is 14.7. The van der Waals surface area contributed by atoms with Crippen molar-refractivity contribution >= 4 is 39.8 Å². The van der Waals surface area contributed by atoms with Crippen LogP contribution in [0.2, 0.25) is 10.0 Å². The second kappa shape index (κ2) is 9.16. The Bertz CT molecular complexity index is 1220. The summed E-state index contributed by atoms with van der Waals surface area (Å²) in [5, 5.41) is 6.30. The molecule has 0 saturated carbocycles. The van der Waals surface area contributed by atoms with Gasteiger partial charge in [0, 0.05) is 22.7 Å². The lowest BCUT2D eigenvalue weighted by Gasteiger charge is -2.14. The molecular weight excluding hydrogens is 419 g/mol. The van der Waals surface area contributed by atoms with E-state index in [1.54, 1.807) is 18.3 Å². The predicted octanol–water partition coefficient (Wildman–Crippen LogP) is 6.52. The Balaban J connectivity index is 1.68. The number of benzene rings is 3. The quantitative estimate of drug-likeness (QED) is 0.255. The smallest absolute Gasteiger partial charge is 0.129 e. The summed E-state index contributed by atoms with van der Waals surface area (Å²) in [6.07, 6.45) is 1.79. The highest BCUT2D eigenvalue weighted by Gasteiger charge is 2.15. The Hall–Kier alpha value is -3.08. The lowest BCUT2D eigenvalue weighted by molar-refractivity contribution is 0.213. The van der Waals surface area contributed by atoms with Gasteiger partial charge in [0.2, 0.25) is 0 Å². The van der Waals surface area contributed by atoms with Crippen LogP contribution in [0, 0.1) is 0 Å². The zero-order valence-electron chi connectivity index (χ0n) is 16.2. The van der Waals surface area contributed by atoms with Crippen molar-refractivity contribution in [3.63, 3.8) is 0 Å². The fourth-order valence-corrected chi connectivity index (χ4v) is 3.45. The third kappa shape index (κ3) is 4.40. The zero-order chi connectivity index (χ0) is 20.9. The van der Waals surface area contributed by atoms with E-state index in [4.69, 9.17) is 32.8 Å². The molecule has 0 aliphatic rings. The summed E-state index contributed by atoms with van der Waals surface area (Å²) in [6.45, 7) is 0.337. The van der Waals surface area contributed by atoms with Gasteiger partial charge in [-0.3, -0.25) is 4.98 Å². The van der Waals surface area contributed by atoms with Gasteiger partial charge < -0.3 is 9.57 Å². The largest absolute Gasteiger partial charge is 0.488 e. The molecule has 0 aliphatic carbocycles. The topological polar surface area (TPSA) is 43.7 Å². The molecule has 0 unspecified atom stereocenters. The SMILES string of the molecule is CON=C(c1cnc2ccccc2c1)c1ccccc1OCc1ccc(Cl)c(Cl)c1. The van der Waals surface area contributed by atoms with Gasteiger partial charge in [0.05, 0.1) is 15.6 Å². The molecule has 6 heteroatoms. The zero-order valence-corrected chi connectivity index (χ0v) is 17.7. The number of halogens is 2. The Kier molecular flexibility index (Phi) is 6.17. The fraction of sp³-hybridized carbons (Fsp3) is 0.0833. The summed E-state index contributed by atoms with van der Waals surface area (Å²) in [5.41, 5.74) is 4.11. The second-order valence-electron chi connectivity index (χ2n) is 6.57. The first kappa shape index (κ1) is 20.2. The summed E-state index contributed by atoms with van der Waals surface area (Å²) in [6, 6.07) is 23.1. The van der Waals surface area contributed by atoms with Crippen molar-refractivity contribution in [2.24, 2.45) is 5.16 Å². The molecule has 0 radical (unpaired) electrons. The average Bonchev–Trinajstić information content (AvgIpc) is 2.78. The van der Waals surface area contributed by atoms with Gasteiger partial charge in [-0.1, -0.05) is 64.8 Å². The number of para-hydroxylation sites is 2. The van der Waals surface area contributed by atoms with Crippen LogP contribution in [0.4, 0.5) is 0 Å². The number of hydrogen-bond donors (Lipinski definition) is 0. The summed E-state index contributed by atoms with van der Waals surface area (Å²) < 4.78 is 6.10. The van der Waals surface area contributed by atoms with Crippen LogP contribution in [0.15, 0.2) is 84.1 Å². The van der Waals surface area contributed by atoms with Gasteiger partial charge in [0.1, 0.15) is 25.2 Å². The minimum atomic E-state index is 0.337. The minimum absolute atomic E-state index is 0.337. The third-order valence-electron chi connectivity index (χ3n) is 4.57. The summed E-state index contributed by atoms with van der Waals surface area (Å²) in [5.74, 6) is 0.674. The molecule has 1 aromatic heterocycles. The first-order valence-corrected chi connectivity index (χ1v) is 10.0. The molecule has 1 heterocycles. The van der Waals surface area contributed by atoms with Gasteiger partial charge in [0.25, 0.3) is 0 Å². The predicted molar refractivity (Wildman–Crippen MR) is 122 cm³/mol. The van der Waals surface area contributed by atoms with E-state index in [0.717, 1.165) is 27.6 Å². The van der Waals surface area contributed by atoms with Gasteiger partial charge in [-0.25, -0.2) is 0 Å². The number of nitrogens with zero attached hydrogens (tertiary/aromatic N) is 2. The molecule has 0 bridgehead atoms. The fourth-order valence-electron chi connectivity index (χ4n) is 3.13. The highest BCUT2D eigenvalue weighted by molar-refractivity contribution is 6.42. The molecule has 4 nitrogen and oxygen atoms in total. The van der Waals surface area contributed by atoms with Crippen molar-refractivity contribution in [3.05, 3.63) is 106 Å². The van der Waals surface area contributed by atoms with Crippen LogP contribution in [0.1, 0.15) is 16.7 Å².